The highest BCUT2D eigenvalue weighted by atomic mass is 35.5. The van der Waals surface area contributed by atoms with Crippen LogP contribution < -0.4 is 4.90 Å². The molecule has 17 heavy (non-hydrogen) atoms. The lowest BCUT2D eigenvalue weighted by Gasteiger charge is -2.18. The van der Waals surface area contributed by atoms with Gasteiger partial charge < -0.3 is 5.11 Å². The van der Waals surface area contributed by atoms with Gasteiger partial charge in [-0.05, 0) is 12.5 Å². The maximum absolute atomic E-state index is 11.8. The highest BCUT2D eigenvalue weighted by molar-refractivity contribution is 6.37. The second-order valence-electron chi connectivity index (χ2n) is 4.13. The van der Waals surface area contributed by atoms with E-state index in [0.717, 1.165) is 0 Å². The molecule has 2 heterocycles. The van der Waals surface area contributed by atoms with Gasteiger partial charge in [-0.3, -0.25) is 9.69 Å². The Morgan fingerprint density at radius 2 is 2.29 bits per heavy atom. The van der Waals surface area contributed by atoms with Crippen LogP contribution in [0, 0.1) is 12.8 Å². The summed E-state index contributed by atoms with van der Waals surface area (Å²) in [5.41, 5.74) is 0.707. The highest BCUT2D eigenvalue weighted by Crippen LogP contribution is 2.34. The standard InChI is InChI=1S/C11H12Cl2N2O2/c1-6-8(12)3-14-11(10(6)13)15-4-7(5-16)2-9(15)17/h3,7,16H,2,4-5H2,1H3. The van der Waals surface area contributed by atoms with E-state index in [9.17, 15) is 4.79 Å². The zero-order chi connectivity index (χ0) is 12.6. The van der Waals surface area contributed by atoms with Crippen molar-refractivity contribution in [3.8, 4) is 0 Å². The van der Waals surface area contributed by atoms with Gasteiger partial charge in [-0.1, -0.05) is 23.2 Å². The summed E-state index contributed by atoms with van der Waals surface area (Å²) in [7, 11) is 0. The molecular weight excluding hydrogens is 263 g/mol. The third kappa shape index (κ3) is 2.25. The second-order valence-corrected chi connectivity index (χ2v) is 4.91. The highest BCUT2D eigenvalue weighted by Gasteiger charge is 2.32. The van der Waals surface area contributed by atoms with Crippen molar-refractivity contribution in [2.75, 3.05) is 18.1 Å². The Kier molecular flexibility index (Phi) is 3.56. The van der Waals surface area contributed by atoms with Gasteiger partial charge in [0.15, 0.2) is 5.82 Å². The molecular formula is C11H12Cl2N2O2. The lowest BCUT2D eigenvalue weighted by Crippen LogP contribution is -2.26. The monoisotopic (exact) mass is 274 g/mol. The fourth-order valence-corrected chi connectivity index (χ4v) is 2.28. The van der Waals surface area contributed by atoms with E-state index in [1.54, 1.807) is 6.92 Å². The van der Waals surface area contributed by atoms with Crippen LogP contribution in [-0.4, -0.2) is 29.1 Å². The number of halogens is 2. The average Bonchev–Trinajstić information content (AvgIpc) is 2.68. The predicted octanol–water partition coefficient (Wildman–Crippen LogP) is 2.04. The number of aliphatic hydroxyl groups excluding tert-OH is 1. The summed E-state index contributed by atoms with van der Waals surface area (Å²) in [5, 5.41) is 9.93. The quantitative estimate of drug-likeness (QED) is 0.898. The molecule has 0 saturated carbocycles. The van der Waals surface area contributed by atoms with Crippen molar-refractivity contribution < 1.29 is 9.90 Å². The molecule has 0 bridgehead atoms. The van der Waals surface area contributed by atoms with E-state index in [1.165, 1.54) is 11.1 Å². The van der Waals surface area contributed by atoms with Crippen LogP contribution in [0.15, 0.2) is 6.20 Å². The first-order valence-electron chi connectivity index (χ1n) is 5.26. The number of aliphatic hydroxyl groups is 1. The minimum Gasteiger partial charge on any atom is -0.396 e. The van der Waals surface area contributed by atoms with Gasteiger partial charge in [0.05, 0.1) is 10.0 Å². The Morgan fingerprint density at radius 1 is 1.59 bits per heavy atom. The van der Waals surface area contributed by atoms with Crippen LogP contribution in [0.5, 0.6) is 0 Å². The fraction of sp³-hybridized carbons (Fsp3) is 0.455. The maximum Gasteiger partial charge on any atom is 0.228 e. The molecule has 1 aromatic heterocycles. The largest absolute Gasteiger partial charge is 0.396 e. The minimum absolute atomic E-state index is 0.00751. The van der Waals surface area contributed by atoms with E-state index in [4.69, 9.17) is 28.3 Å². The third-order valence-electron chi connectivity index (χ3n) is 2.90. The summed E-state index contributed by atoms with van der Waals surface area (Å²) in [5.74, 6) is 0.311. The molecule has 0 radical (unpaired) electrons. The molecule has 2 rings (SSSR count). The zero-order valence-corrected chi connectivity index (χ0v) is 10.8. The van der Waals surface area contributed by atoms with Gasteiger partial charge in [-0.15, -0.1) is 0 Å². The summed E-state index contributed by atoms with van der Waals surface area (Å²) < 4.78 is 0. The van der Waals surface area contributed by atoms with Crippen LogP contribution in [0.1, 0.15) is 12.0 Å². The molecule has 1 amide bonds. The molecule has 1 saturated heterocycles. The SMILES string of the molecule is Cc1c(Cl)cnc(N2CC(CO)CC2=O)c1Cl. The molecule has 0 spiro atoms. The predicted molar refractivity (Wildman–Crippen MR) is 66.5 cm³/mol. The lowest BCUT2D eigenvalue weighted by atomic mass is 10.1. The Labute approximate surface area is 109 Å². The first-order chi connectivity index (χ1) is 8.04. The first-order valence-corrected chi connectivity index (χ1v) is 6.02. The van der Waals surface area contributed by atoms with Gasteiger partial charge in [0.2, 0.25) is 5.91 Å². The molecule has 1 atom stereocenters. The van der Waals surface area contributed by atoms with Crippen molar-refractivity contribution in [2.24, 2.45) is 5.92 Å². The molecule has 0 aliphatic carbocycles. The average molecular weight is 275 g/mol. The minimum atomic E-state index is -0.0693. The topological polar surface area (TPSA) is 53.4 Å². The van der Waals surface area contributed by atoms with Gasteiger partial charge >= 0.3 is 0 Å². The van der Waals surface area contributed by atoms with Crippen molar-refractivity contribution in [1.82, 2.24) is 4.98 Å². The van der Waals surface area contributed by atoms with Gasteiger partial charge in [0.1, 0.15) is 0 Å². The molecule has 92 valence electrons. The smallest absolute Gasteiger partial charge is 0.228 e. The summed E-state index contributed by atoms with van der Waals surface area (Å²) in [6.45, 7) is 2.22. The Balaban J connectivity index is 2.35. The molecule has 0 aromatic carbocycles. The number of hydrogen-bond donors (Lipinski definition) is 1. The molecule has 1 N–H and O–H groups in total. The van der Waals surface area contributed by atoms with E-state index in [1.807, 2.05) is 0 Å². The van der Waals surface area contributed by atoms with Crippen LogP contribution in [0.2, 0.25) is 10.0 Å². The van der Waals surface area contributed by atoms with Crippen molar-refractivity contribution in [2.45, 2.75) is 13.3 Å². The van der Waals surface area contributed by atoms with Gasteiger partial charge in [-0.25, -0.2) is 4.98 Å². The summed E-state index contributed by atoms with van der Waals surface area (Å²) in [6, 6.07) is 0. The van der Waals surface area contributed by atoms with Crippen LogP contribution in [0.25, 0.3) is 0 Å². The molecule has 1 aliphatic heterocycles. The summed E-state index contributed by atoms with van der Waals surface area (Å²) in [6.07, 6.45) is 1.81. The third-order valence-corrected chi connectivity index (χ3v) is 3.74. The van der Waals surface area contributed by atoms with E-state index in [2.05, 4.69) is 4.98 Å². The summed E-state index contributed by atoms with van der Waals surface area (Å²) in [4.78, 5) is 17.4. The molecule has 6 heteroatoms. The number of amides is 1. The van der Waals surface area contributed by atoms with Crippen molar-refractivity contribution in [1.29, 1.82) is 0 Å². The van der Waals surface area contributed by atoms with Crippen LogP contribution in [0.3, 0.4) is 0 Å². The van der Waals surface area contributed by atoms with Gasteiger partial charge in [0.25, 0.3) is 0 Å². The number of nitrogens with zero attached hydrogens (tertiary/aromatic N) is 2. The second kappa shape index (κ2) is 4.80. The van der Waals surface area contributed by atoms with E-state index in [-0.39, 0.29) is 18.4 Å². The number of carbonyl (C=O) groups excluding carboxylic acids is 1. The van der Waals surface area contributed by atoms with Crippen molar-refractivity contribution >= 4 is 34.9 Å². The molecule has 1 aromatic rings. The Hall–Kier alpha value is -0.840. The first kappa shape index (κ1) is 12.6. The van der Waals surface area contributed by atoms with E-state index < -0.39 is 0 Å². The molecule has 1 fully saturated rings. The number of aromatic nitrogens is 1. The van der Waals surface area contributed by atoms with Crippen LogP contribution in [0.4, 0.5) is 5.82 Å². The van der Waals surface area contributed by atoms with Gasteiger partial charge in [0, 0.05) is 31.7 Å². The Morgan fingerprint density at radius 3 is 2.88 bits per heavy atom. The number of rotatable bonds is 2. The molecule has 4 nitrogen and oxygen atoms in total. The number of pyridine rings is 1. The molecule has 1 unspecified atom stereocenters. The number of anilines is 1. The van der Waals surface area contributed by atoms with Crippen molar-refractivity contribution in [3.05, 3.63) is 21.8 Å². The van der Waals surface area contributed by atoms with Crippen LogP contribution >= 0.6 is 23.2 Å². The zero-order valence-electron chi connectivity index (χ0n) is 9.28. The number of carbonyl (C=O) groups is 1. The summed E-state index contributed by atoms with van der Waals surface area (Å²) >= 11 is 12.0. The van der Waals surface area contributed by atoms with E-state index >= 15 is 0 Å². The maximum atomic E-state index is 11.8. The normalized spacial score (nSPS) is 20.1. The van der Waals surface area contributed by atoms with Gasteiger partial charge in [-0.2, -0.15) is 0 Å². The van der Waals surface area contributed by atoms with Crippen LogP contribution in [-0.2, 0) is 4.79 Å². The van der Waals surface area contributed by atoms with E-state index in [0.29, 0.717) is 34.4 Å². The van der Waals surface area contributed by atoms with Crippen molar-refractivity contribution in [3.63, 3.8) is 0 Å². The fourth-order valence-electron chi connectivity index (χ4n) is 1.84. The number of hydrogen-bond acceptors (Lipinski definition) is 3. The molecule has 1 aliphatic rings. The Bertz CT molecular complexity index is 465. The lowest BCUT2D eigenvalue weighted by molar-refractivity contribution is -0.117.